The van der Waals surface area contributed by atoms with Crippen LogP contribution in [0.5, 0.6) is 0 Å². The molecule has 0 aliphatic carbocycles. The van der Waals surface area contributed by atoms with E-state index in [-0.39, 0.29) is 12.4 Å². The van der Waals surface area contributed by atoms with Crippen molar-refractivity contribution in [2.24, 2.45) is 5.73 Å². The van der Waals surface area contributed by atoms with Gasteiger partial charge >= 0.3 is 0 Å². The summed E-state index contributed by atoms with van der Waals surface area (Å²) in [6.07, 6.45) is 0. The summed E-state index contributed by atoms with van der Waals surface area (Å²) in [6.45, 7) is 0.176. The summed E-state index contributed by atoms with van der Waals surface area (Å²) < 4.78 is 0. The van der Waals surface area contributed by atoms with Crippen molar-refractivity contribution in [2.45, 2.75) is 6.54 Å². The highest BCUT2D eigenvalue weighted by molar-refractivity contribution is 5.96. The van der Waals surface area contributed by atoms with Crippen LogP contribution in [0.1, 0.15) is 11.1 Å². The zero-order valence-corrected chi connectivity index (χ0v) is 6.09. The third-order valence-corrected chi connectivity index (χ3v) is 1.50. The molecule has 0 atom stereocenters. The molecule has 1 aromatic carbocycles. The molecule has 0 saturated carbocycles. The fourth-order valence-corrected chi connectivity index (χ4v) is 0.937. The smallest absolute Gasteiger partial charge is 0.123 e. The van der Waals surface area contributed by atoms with Gasteiger partial charge in [-0.15, -0.1) is 0 Å². The first-order valence-corrected chi connectivity index (χ1v) is 3.32. The van der Waals surface area contributed by atoms with Crippen molar-refractivity contribution in [3.05, 3.63) is 35.4 Å². The van der Waals surface area contributed by atoms with Gasteiger partial charge in [0, 0.05) is 12.1 Å². The van der Waals surface area contributed by atoms with Gasteiger partial charge in [0.1, 0.15) is 5.84 Å². The summed E-state index contributed by atoms with van der Waals surface area (Å²) in [5.74, 6) is 0.0350. The van der Waals surface area contributed by atoms with Crippen LogP contribution in [0.4, 0.5) is 0 Å². The van der Waals surface area contributed by atoms with Gasteiger partial charge in [-0.05, 0) is 5.56 Å². The molecule has 0 spiro atoms. The summed E-state index contributed by atoms with van der Waals surface area (Å²) in [7, 11) is 0. The van der Waals surface area contributed by atoms with E-state index in [2.05, 4.69) is 0 Å². The highest BCUT2D eigenvalue weighted by atomic mass is 14.7. The van der Waals surface area contributed by atoms with Crippen LogP contribution in [0.15, 0.2) is 24.3 Å². The molecule has 0 saturated heterocycles. The SMILES string of the molecule is [NH]Cc1ccccc1C(=N)N. The van der Waals surface area contributed by atoms with Gasteiger partial charge in [0.25, 0.3) is 0 Å². The number of nitrogens with one attached hydrogen (secondary N) is 2. The minimum atomic E-state index is 0.0350. The molecule has 3 heteroatoms. The predicted molar refractivity (Wildman–Crippen MR) is 44.3 cm³/mol. The second kappa shape index (κ2) is 3.16. The molecule has 3 nitrogen and oxygen atoms in total. The van der Waals surface area contributed by atoms with Gasteiger partial charge in [0.15, 0.2) is 0 Å². The van der Waals surface area contributed by atoms with Crippen molar-refractivity contribution in [2.75, 3.05) is 0 Å². The van der Waals surface area contributed by atoms with Crippen molar-refractivity contribution in [1.29, 1.82) is 5.41 Å². The van der Waals surface area contributed by atoms with Crippen molar-refractivity contribution < 1.29 is 0 Å². The van der Waals surface area contributed by atoms with Crippen LogP contribution in [0.3, 0.4) is 0 Å². The number of amidine groups is 1. The van der Waals surface area contributed by atoms with E-state index < -0.39 is 0 Å². The molecular weight excluding hydrogens is 138 g/mol. The van der Waals surface area contributed by atoms with Crippen LogP contribution >= 0.6 is 0 Å². The summed E-state index contributed by atoms with van der Waals surface area (Å²) in [5.41, 5.74) is 13.9. The number of rotatable bonds is 2. The van der Waals surface area contributed by atoms with Gasteiger partial charge in [0.05, 0.1) is 0 Å². The second-order valence-electron chi connectivity index (χ2n) is 2.25. The van der Waals surface area contributed by atoms with Gasteiger partial charge in [-0.3, -0.25) is 11.1 Å². The molecule has 0 aromatic heterocycles. The lowest BCUT2D eigenvalue weighted by molar-refractivity contribution is 1.02. The van der Waals surface area contributed by atoms with Gasteiger partial charge < -0.3 is 5.73 Å². The highest BCUT2D eigenvalue weighted by Gasteiger charge is 2.00. The van der Waals surface area contributed by atoms with Crippen LogP contribution in [-0.2, 0) is 6.54 Å². The van der Waals surface area contributed by atoms with Crippen LogP contribution in [0.2, 0.25) is 0 Å². The number of benzene rings is 1. The van der Waals surface area contributed by atoms with Crippen LogP contribution in [0.25, 0.3) is 0 Å². The molecule has 1 rings (SSSR count). The molecule has 1 aromatic rings. The van der Waals surface area contributed by atoms with Crippen LogP contribution in [-0.4, -0.2) is 5.84 Å². The van der Waals surface area contributed by atoms with Crippen molar-refractivity contribution in [3.8, 4) is 0 Å². The van der Waals surface area contributed by atoms with E-state index in [1.54, 1.807) is 6.07 Å². The molecule has 0 unspecified atom stereocenters. The van der Waals surface area contributed by atoms with Gasteiger partial charge in [-0.25, -0.2) is 0 Å². The third-order valence-electron chi connectivity index (χ3n) is 1.50. The van der Waals surface area contributed by atoms with E-state index in [1.807, 2.05) is 18.2 Å². The normalized spacial score (nSPS) is 9.55. The first-order chi connectivity index (χ1) is 5.25. The van der Waals surface area contributed by atoms with E-state index in [0.29, 0.717) is 5.56 Å². The Balaban J connectivity index is 3.12. The summed E-state index contributed by atoms with van der Waals surface area (Å²) in [4.78, 5) is 0. The fraction of sp³-hybridized carbons (Fsp3) is 0.125. The lowest BCUT2D eigenvalue weighted by atomic mass is 10.1. The minimum absolute atomic E-state index is 0.0350. The van der Waals surface area contributed by atoms with Crippen molar-refractivity contribution >= 4 is 5.84 Å². The number of nitrogens with two attached hydrogens (primary N) is 1. The van der Waals surface area contributed by atoms with E-state index in [9.17, 15) is 0 Å². The van der Waals surface area contributed by atoms with E-state index in [1.165, 1.54) is 0 Å². The Morgan fingerprint density at radius 1 is 1.36 bits per heavy atom. The first kappa shape index (κ1) is 7.75. The average Bonchev–Trinajstić information content (AvgIpc) is 2.04. The Morgan fingerprint density at radius 3 is 2.45 bits per heavy atom. The Kier molecular flexibility index (Phi) is 2.23. The lowest BCUT2D eigenvalue weighted by Crippen LogP contribution is -2.13. The van der Waals surface area contributed by atoms with Crippen molar-refractivity contribution in [1.82, 2.24) is 5.73 Å². The molecule has 0 heterocycles. The average molecular weight is 148 g/mol. The summed E-state index contributed by atoms with van der Waals surface area (Å²) in [6, 6.07) is 7.22. The monoisotopic (exact) mass is 148 g/mol. The maximum absolute atomic E-state index is 7.17. The Morgan fingerprint density at radius 2 is 2.00 bits per heavy atom. The number of hydrogen-bond donors (Lipinski definition) is 2. The predicted octanol–water partition coefficient (Wildman–Crippen LogP) is 0.754. The molecule has 57 valence electrons. The second-order valence-corrected chi connectivity index (χ2v) is 2.25. The lowest BCUT2D eigenvalue weighted by Gasteiger charge is -2.03. The largest absolute Gasteiger partial charge is 0.384 e. The van der Waals surface area contributed by atoms with Crippen molar-refractivity contribution in [3.63, 3.8) is 0 Å². The molecule has 0 bridgehead atoms. The number of hydrogen-bond acceptors (Lipinski definition) is 1. The third kappa shape index (κ3) is 1.56. The van der Waals surface area contributed by atoms with Gasteiger partial charge in [-0.2, -0.15) is 0 Å². The molecule has 0 aliphatic heterocycles. The molecule has 0 amide bonds. The number of nitrogen functional groups attached to an aromatic ring is 1. The van der Waals surface area contributed by atoms with Crippen LogP contribution < -0.4 is 11.5 Å². The minimum Gasteiger partial charge on any atom is -0.384 e. The maximum Gasteiger partial charge on any atom is 0.123 e. The van der Waals surface area contributed by atoms with Gasteiger partial charge in [0.2, 0.25) is 0 Å². The Hall–Kier alpha value is -1.35. The maximum atomic E-state index is 7.17. The standard InChI is InChI=1S/C8H10N3/c9-5-6-3-1-2-4-7(6)8(10)11/h1-4,9H,5H2,(H3,10,11). The molecular formula is C8H10N3. The first-order valence-electron chi connectivity index (χ1n) is 3.32. The summed E-state index contributed by atoms with van der Waals surface area (Å²) >= 11 is 0. The Labute approximate surface area is 65.5 Å². The molecule has 1 radical (unpaired) electrons. The van der Waals surface area contributed by atoms with E-state index >= 15 is 0 Å². The van der Waals surface area contributed by atoms with Crippen LogP contribution in [0, 0.1) is 5.41 Å². The fourth-order valence-electron chi connectivity index (χ4n) is 0.937. The van der Waals surface area contributed by atoms with E-state index in [0.717, 1.165) is 5.56 Å². The molecule has 4 N–H and O–H groups in total. The molecule has 0 fully saturated rings. The molecule has 11 heavy (non-hydrogen) atoms. The topological polar surface area (TPSA) is 73.7 Å². The van der Waals surface area contributed by atoms with Gasteiger partial charge in [-0.1, -0.05) is 24.3 Å². The summed E-state index contributed by atoms with van der Waals surface area (Å²) in [5, 5.41) is 7.17. The molecule has 0 aliphatic rings. The Bertz CT molecular complexity index is 268. The quantitative estimate of drug-likeness (QED) is 0.471. The zero-order valence-electron chi connectivity index (χ0n) is 6.09. The zero-order chi connectivity index (χ0) is 8.27. The highest BCUT2D eigenvalue weighted by Crippen LogP contribution is 2.06. The van der Waals surface area contributed by atoms with E-state index in [4.69, 9.17) is 16.9 Å².